The van der Waals surface area contributed by atoms with Crippen molar-refractivity contribution in [3.63, 3.8) is 0 Å². The van der Waals surface area contributed by atoms with E-state index in [2.05, 4.69) is 44.5 Å². The second kappa shape index (κ2) is 9.54. The molecule has 0 saturated heterocycles. The maximum Gasteiger partial charge on any atom is 0.225 e. The number of nitrogens with one attached hydrogen (secondary N) is 3. The lowest BCUT2D eigenvalue weighted by atomic mass is 9.90. The molecular formula is C23H25N5OS. The van der Waals surface area contributed by atoms with Crippen LogP contribution in [-0.4, -0.2) is 29.9 Å². The van der Waals surface area contributed by atoms with E-state index in [1.807, 2.05) is 43.3 Å². The number of nitrogens with zero attached hydrogens (tertiary/aromatic N) is 2. The molecule has 6 nitrogen and oxygen atoms in total. The van der Waals surface area contributed by atoms with Gasteiger partial charge in [-0.05, 0) is 18.6 Å². The minimum atomic E-state index is 0.0540. The molecule has 1 amide bonds. The average Bonchev–Trinajstić information content (AvgIpc) is 3.25. The van der Waals surface area contributed by atoms with Crippen LogP contribution in [0.15, 0.2) is 65.0 Å². The van der Waals surface area contributed by atoms with E-state index in [0.717, 1.165) is 40.0 Å². The molecule has 7 heteroatoms. The Morgan fingerprint density at radius 2 is 1.97 bits per heavy atom. The van der Waals surface area contributed by atoms with Crippen molar-refractivity contribution in [3.8, 4) is 10.6 Å². The molecule has 1 aliphatic rings. The van der Waals surface area contributed by atoms with E-state index < -0.39 is 0 Å². The molecular weight excluding hydrogens is 394 g/mol. The number of aliphatic imine (C=N–C) groups is 1. The van der Waals surface area contributed by atoms with Crippen LogP contribution in [0.25, 0.3) is 10.6 Å². The first kappa shape index (κ1) is 20.1. The van der Waals surface area contributed by atoms with Crippen molar-refractivity contribution in [3.05, 3.63) is 71.2 Å². The summed E-state index contributed by atoms with van der Waals surface area (Å²) in [6.07, 6.45) is 0.468. The summed E-state index contributed by atoms with van der Waals surface area (Å²) in [5.74, 6) is 0.899. The molecule has 3 N–H and O–H groups in total. The van der Waals surface area contributed by atoms with Crippen LogP contribution >= 0.6 is 11.3 Å². The van der Waals surface area contributed by atoms with Gasteiger partial charge in [0.25, 0.3) is 0 Å². The third kappa shape index (κ3) is 4.86. The Kier molecular flexibility index (Phi) is 6.39. The van der Waals surface area contributed by atoms with Gasteiger partial charge in [0.2, 0.25) is 5.91 Å². The van der Waals surface area contributed by atoms with Crippen LogP contribution in [0.3, 0.4) is 0 Å². The molecule has 1 aromatic heterocycles. The predicted molar refractivity (Wildman–Crippen MR) is 123 cm³/mol. The van der Waals surface area contributed by atoms with Gasteiger partial charge >= 0.3 is 0 Å². The Bertz CT molecular complexity index is 1030. The molecule has 4 rings (SSSR count). The first-order chi connectivity index (χ1) is 14.7. The highest BCUT2D eigenvalue weighted by molar-refractivity contribution is 7.13. The van der Waals surface area contributed by atoms with E-state index >= 15 is 0 Å². The number of guanidine groups is 1. The number of carbonyl (C=O) groups excluding carboxylic acids is 1. The number of hydrogen-bond acceptors (Lipinski definition) is 4. The fourth-order valence-corrected chi connectivity index (χ4v) is 4.32. The van der Waals surface area contributed by atoms with Crippen molar-refractivity contribution in [2.45, 2.75) is 25.8 Å². The van der Waals surface area contributed by atoms with Crippen LogP contribution in [0, 0.1) is 0 Å². The number of para-hydroxylation sites is 1. The van der Waals surface area contributed by atoms with Crippen molar-refractivity contribution in [1.82, 2.24) is 15.6 Å². The number of fused-ring (bicyclic) bond motifs is 1. The van der Waals surface area contributed by atoms with Gasteiger partial charge in [-0.25, -0.2) is 9.98 Å². The summed E-state index contributed by atoms with van der Waals surface area (Å²) in [7, 11) is 0. The quantitative estimate of drug-likeness (QED) is 0.417. The van der Waals surface area contributed by atoms with Crippen molar-refractivity contribution in [2.24, 2.45) is 4.99 Å². The number of anilines is 1. The monoisotopic (exact) mass is 419 g/mol. The van der Waals surface area contributed by atoms with Crippen molar-refractivity contribution in [2.75, 3.05) is 18.4 Å². The average molecular weight is 420 g/mol. The first-order valence-corrected chi connectivity index (χ1v) is 11.0. The highest BCUT2D eigenvalue weighted by Crippen LogP contribution is 2.31. The molecule has 3 aromatic rings. The fraction of sp³-hybridized carbons (Fsp3) is 0.261. The van der Waals surface area contributed by atoms with E-state index in [-0.39, 0.29) is 11.8 Å². The highest BCUT2D eigenvalue weighted by Gasteiger charge is 2.24. The summed E-state index contributed by atoms with van der Waals surface area (Å²) in [5, 5.41) is 12.7. The standard InChI is InChI=1S/C23H25N5OS/c1-2-24-23(25-13-17-12-21(29)28-20-11-7-6-10-19(17)20)26-14-18-15-30-22(27-18)16-8-4-3-5-9-16/h3-11,15,17H,2,12-14H2,1H3,(H,28,29)(H2,24,25,26). The van der Waals surface area contributed by atoms with Gasteiger partial charge in [-0.15, -0.1) is 11.3 Å². The number of aromatic nitrogens is 1. The Hall–Kier alpha value is -3.19. The molecule has 0 bridgehead atoms. The molecule has 154 valence electrons. The summed E-state index contributed by atoms with van der Waals surface area (Å²) in [4.78, 5) is 21.4. The van der Waals surface area contributed by atoms with Gasteiger partial charge in [-0.3, -0.25) is 4.79 Å². The minimum Gasteiger partial charge on any atom is -0.357 e. The summed E-state index contributed by atoms with van der Waals surface area (Å²) in [6, 6.07) is 18.1. The summed E-state index contributed by atoms with van der Waals surface area (Å²) in [5.41, 5.74) is 4.13. The molecule has 1 atom stereocenters. The Balaban J connectivity index is 1.41. The molecule has 1 aliphatic heterocycles. The van der Waals surface area contributed by atoms with Crippen molar-refractivity contribution in [1.29, 1.82) is 0 Å². The number of benzene rings is 2. The molecule has 2 heterocycles. The maximum absolute atomic E-state index is 12.0. The van der Waals surface area contributed by atoms with Crippen LogP contribution in [0.1, 0.15) is 30.5 Å². The third-order valence-corrected chi connectivity index (χ3v) is 5.88. The topological polar surface area (TPSA) is 78.4 Å². The van der Waals surface area contributed by atoms with Crippen LogP contribution in [0.4, 0.5) is 5.69 Å². The van der Waals surface area contributed by atoms with E-state index in [0.29, 0.717) is 19.5 Å². The molecule has 2 aromatic carbocycles. The first-order valence-electron chi connectivity index (χ1n) is 10.1. The zero-order valence-corrected chi connectivity index (χ0v) is 17.7. The van der Waals surface area contributed by atoms with Gasteiger partial charge < -0.3 is 16.0 Å². The lowest BCUT2D eigenvalue weighted by Crippen LogP contribution is -2.40. The minimum absolute atomic E-state index is 0.0540. The second-order valence-corrected chi connectivity index (χ2v) is 7.98. The Morgan fingerprint density at radius 3 is 2.80 bits per heavy atom. The molecule has 30 heavy (non-hydrogen) atoms. The van der Waals surface area contributed by atoms with Crippen molar-refractivity contribution < 1.29 is 4.79 Å². The number of carbonyl (C=O) groups is 1. The highest BCUT2D eigenvalue weighted by atomic mass is 32.1. The molecule has 0 saturated carbocycles. The van der Waals surface area contributed by atoms with E-state index in [1.165, 1.54) is 0 Å². The van der Waals surface area contributed by atoms with Crippen LogP contribution in [-0.2, 0) is 11.3 Å². The SMILES string of the molecule is CCNC(=NCc1csc(-c2ccccc2)n1)NCC1CC(=O)Nc2ccccc21. The molecule has 0 fully saturated rings. The van der Waals surface area contributed by atoms with Crippen LogP contribution in [0.5, 0.6) is 0 Å². The number of rotatable bonds is 6. The fourth-order valence-electron chi connectivity index (χ4n) is 3.50. The second-order valence-electron chi connectivity index (χ2n) is 7.12. The summed E-state index contributed by atoms with van der Waals surface area (Å²) < 4.78 is 0. The Morgan fingerprint density at radius 1 is 1.17 bits per heavy atom. The van der Waals surface area contributed by atoms with E-state index in [1.54, 1.807) is 11.3 Å². The van der Waals surface area contributed by atoms with Gasteiger partial charge in [-0.2, -0.15) is 0 Å². The number of thiazole rings is 1. The molecule has 0 spiro atoms. The summed E-state index contributed by atoms with van der Waals surface area (Å²) in [6.45, 7) is 3.94. The van der Waals surface area contributed by atoms with E-state index in [9.17, 15) is 4.79 Å². The lowest BCUT2D eigenvalue weighted by Gasteiger charge is -2.26. The number of amides is 1. The summed E-state index contributed by atoms with van der Waals surface area (Å²) >= 11 is 1.63. The maximum atomic E-state index is 12.0. The van der Waals surface area contributed by atoms with E-state index in [4.69, 9.17) is 4.98 Å². The van der Waals surface area contributed by atoms with Gasteiger partial charge in [0.05, 0.1) is 12.2 Å². The lowest BCUT2D eigenvalue weighted by molar-refractivity contribution is -0.116. The molecule has 0 radical (unpaired) electrons. The van der Waals surface area contributed by atoms with Gasteiger partial charge in [0.15, 0.2) is 5.96 Å². The molecule has 0 aliphatic carbocycles. The van der Waals surface area contributed by atoms with Gasteiger partial charge in [0.1, 0.15) is 5.01 Å². The normalized spacial score (nSPS) is 16.0. The van der Waals surface area contributed by atoms with Gasteiger partial charge in [-0.1, -0.05) is 48.5 Å². The smallest absolute Gasteiger partial charge is 0.225 e. The largest absolute Gasteiger partial charge is 0.357 e. The zero-order valence-electron chi connectivity index (χ0n) is 16.9. The predicted octanol–water partition coefficient (Wildman–Crippen LogP) is 3.99. The van der Waals surface area contributed by atoms with Gasteiger partial charge in [0, 0.05) is 42.1 Å². The Labute approximate surface area is 180 Å². The third-order valence-electron chi connectivity index (χ3n) is 4.94. The molecule has 1 unspecified atom stereocenters. The van der Waals surface area contributed by atoms with Crippen LogP contribution in [0.2, 0.25) is 0 Å². The van der Waals surface area contributed by atoms with Crippen LogP contribution < -0.4 is 16.0 Å². The van der Waals surface area contributed by atoms with Crippen molar-refractivity contribution >= 4 is 28.9 Å². The zero-order chi connectivity index (χ0) is 20.8. The number of hydrogen-bond donors (Lipinski definition) is 3.